The molecule has 5 nitrogen and oxygen atoms in total. The van der Waals surface area contributed by atoms with Crippen LogP contribution in [0.15, 0.2) is 41.0 Å². The number of carboxylic acid groups (broad SMARTS) is 1. The molecule has 0 radical (unpaired) electrons. The van der Waals surface area contributed by atoms with E-state index in [4.69, 9.17) is 9.52 Å². The van der Waals surface area contributed by atoms with Crippen molar-refractivity contribution < 1.29 is 14.3 Å². The van der Waals surface area contributed by atoms with Gasteiger partial charge in [0.1, 0.15) is 0 Å². The third-order valence-corrected chi connectivity index (χ3v) is 2.84. The largest absolute Gasteiger partial charge is 0.475 e. The van der Waals surface area contributed by atoms with E-state index >= 15 is 0 Å². The first-order valence-corrected chi connectivity index (χ1v) is 5.71. The van der Waals surface area contributed by atoms with Crippen molar-refractivity contribution in [3.8, 4) is 11.3 Å². The van der Waals surface area contributed by atoms with Gasteiger partial charge in [0.2, 0.25) is 11.5 Å². The van der Waals surface area contributed by atoms with E-state index in [0.717, 1.165) is 11.1 Å². The van der Waals surface area contributed by atoms with Crippen molar-refractivity contribution in [2.45, 2.75) is 6.92 Å². The lowest BCUT2D eigenvalue weighted by atomic mass is 10.1. The number of carbonyl (C=O) groups is 1. The van der Waals surface area contributed by atoms with Gasteiger partial charge in [-0.1, -0.05) is 29.8 Å². The lowest BCUT2D eigenvalue weighted by molar-refractivity contribution is 0.0683. The number of carboxylic acids is 1. The summed E-state index contributed by atoms with van der Waals surface area (Å²) in [6.07, 6.45) is 1.47. The number of hydrogen-bond acceptors (Lipinski definition) is 4. The highest BCUT2D eigenvalue weighted by Crippen LogP contribution is 2.27. The van der Waals surface area contributed by atoms with Gasteiger partial charge in [0.15, 0.2) is 0 Å². The number of aromatic carboxylic acids is 1. The number of hydrogen-bond donors (Lipinski definition) is 1. The van der Waals surface area contributed by atoms with E-state index in [1.807, 2.05) is 31.2 Å². The Bertz CT molecular complexity index is 760. The van der Waals surface area contributed by atoms with Gasteiger partial charge in [0.25, 0.3) is 0 Å². The standard InChI is InChI=1S/C14H10N2O3/c1-8-2-4-9(5-3-8)11-10-6-7-19-13(10)16-12(15-11)14(17)18/h2-7H,1H3,(H,17,18). The van der Waals surface area contributed by atoms with Gasteiger partial charge >= 0.3 is 5.97 Å². The van der Waals surface area contributed by atoms with Crippen LogP contribution in [0.2, 0.25) is 0 Å². The fourth-order valence-corrected chi connectivity index (χ4v) is 1.88. The molecule has 3 rings (SSSR count). The minimum atomic E-state index is -1.17. The highest BCUT2D eigenvalue weighted by molar-refractivity contribution is 5.93. The van der Waals surface area contributed by atoms with Gasteiger partial charge in [-0.05, 0) is 13.0 Å². The van der Waals surface area contributed by atoms with Gasteiger partial charge in [-0.3, -0.25) is 0 Å². The summed E-state index contributed by atoms with van der Waals surface area (Å²) >= 11 is 0. The molecule has 0 saturated heterocycles. The molecule has 0 unspecified atom stereocenters. The fraction of sp³-hybridized carbons (Fsp3) is 0.0714. The normalized spacial score (nSPS) is 10.8. The average Bonchev–Trinajstić information content (AvgIpc) is 2.86. The van der Waals surface area contributed by atoms with Crippen LogP contribution in [-0.4, -0.2) is 21.0 Å². The van der Waals surface area contributed by atoms with E-state index < -0.39 is 5.97 Å². The number of furan rings is 1. The van der Waals surface area contributed by atoms with Crippen LogP contribution in [0.3, 0.4) is 0 Å². The molecule has 0 saturated carbocycles. The van der Waals surface area contributed by atoms with Crippen molar-refractivity contribution in [1.29, 1.82) is 0 Å². The van der Waals surface area contributed by atoms with Crippen LogP contribution >= 0.6 is 0 Å². The van der Waals surface area contributed by atoms with Crippen molar-refractivity contribution in [2.24, 2.45) is 0 Å². The molecule has 0 amide bonds. The van der Waals surface area contributed by atoms with E-state index in [1.165, 1.54) is 6.26 Å². The quantitative estimate of drug-likeness (QED) is 0.760. The summed E-state index contributed by atoms with van der Waals surface area (Å²) in [6.45, 7) is 1.99. The maximum absolute atomic E-state index is 11.0. The molecule has 0 fully saturated rings. The minimum Gasteiger partial charge on any atom is -0.475 e. The van der Waals surface area contributed by atoms with Gasteiger partial charge in [0.05, 0.1) is 17.3 Å². The van der Waals surface area contributed by atoms with Crippen LogP contribution in [0.5, 0.6) is 0 Å². The number of nitrogens with zero attached hydrogens (tertiary/aromatic N) is 2. The molecule has 0 aliphatic rings. The van der Waals surface area contributed by atoms with Crippen LogP contribution in [0.4, 0.5) is 0 Å². The summed E-state index contributed by atoms with van der Waals surface area (Å²) in [5.74, 6) is -1.44. The van der Waals surface area contributed by atoms with Gasteiger partial charge < -0.3 is 9.52 Å². The maximum Gasteiger partial charge on any atom is 0.374 e. The van der Waals surface area contributed by atoms with Crippen molar-refractivity contribution in [1.82, 2.24) is 9.97 Å². The second kappa shape index (κ2) is 4.20. The second-order valence-corrected chi connectivity index (χ2v) is 4.21. The first kappa shape index (κ1) is 11.4. The molecule has 5 heteroatoms. The third-order valence-electron chi connectivity index (χ3n) is 2.84. The van der Waals surface area contributed by atoms with Crippen molar-refractivity contribution in [3.63, 3.8) is 0 Å². The summed E-state index contributed by atoms with van der Waals surface area (Å²) in [6, 6.07) is 9.43. The summed E-state index contributed by atoms with van der Waals surface area (Å²) in [7, 11) is 0. The summed E-state index contributed by atoms with van der Waals surface area (Å²) < 4.78 is 5.18. The SMILES string of the molecule is Cc1ccc(-c2nc(C(=O)O)nc3occc23)cc1. The Morgan fingerprint density at radius 2 is 1.89 bits per heavy atom. The molecule has 94 valence electrons. The topological polar surface area (TPSA) is 76.2 Å². The molecular weight excluding hydrogens is 244 g/mol. The monoisotopic (exact) mass is 254 g/mol. The Labute approximate surface area is 108 Å². The number of fused-ring (bicyclic) bond motifs is 1. The highest BCUT2D eigenvalue weighted by atomic mass is 16.4. The fourth-order valence-electron chi connectivity index (χ4n) is 1.88. The first-order chi connectivity index (χ1) is 9.15. The van der Waals surface area contributed by atoms with E-state index in [0.29, 0.717) is 11.1 Å². The molecule has 1 aromatic carbocycles. The van der Waals surface area contributed by atoms with Crippen LogP contribution < -0.4 is 0 Å². The first-order valence-electron chi connectivity index (χ1n) is 5.71. The summed E-state index contributed by atoms with van der Waals surface area (Å²) in [5, 5.41) is 9.73. The zero-order valence-corrected chi connectivity index (χ0v) is 10.1. The molecule has 2 aromatic heterocycles. The van der Waals surface area contributed by atoms with Crippen LogP contribution in [0.1, 0.15) is 16.2 Å². The zero-order valence-electron chi connectivity index (χ0n) is 10.1. The lowest BCUT2D eigenvalue weighted by Crippen LogP contribution is -2.05. The number of benzene rings is 1. The molecule has 2 heterocycles. The number of aromatic nitrogens is 2. The van der Waals surface area contributed by atoms with Gasteiger partial charge in [-0.25, -0.2) is 9.78 Å². The summed E-state index contributed by atoms with van der Waals surface area (Å²) in [4.78, 5) is 19.0. The van der Waals surface area contributed by atoms with Crippen molar-refractivity contribution >= 4 is 17.1 Å². The van der Waals surface area contributed by atoms with Crippen molar-refractivity contribution in [2.75, 3.05) is 0 Å². The van der Waals surface area contributed by atoms with E-state index in [1.54, 1.807) is 6.07 Å². The molecule has 0 aliphatic heterocycles. The van der Waals surface area contributed by atoms with Gasteiger partial charge in [-0.15, -0.1) is 0 Å². The third kappa shape index (κ3) is 1.95. The Balaban J connectivity index is 2.29. The maximum atomic E-state index is 11.0. The molecule has 0 bridgehead atoms. The predicted molar refractivity (Wildman–Crippen MR) is 68.9 cm³/mol. The molecule has 1 N–H and O–H groups in total. The van der Waals surface area contributed by atoms with Crippen LogP contribution in [0, 0.1) is 6.92 Å². The Morgan fingerprint density at radius 3 is 2.58 bits per heavy atom. The van der Waals surface area contributed by atoms with Crippen LogP contribution in [0.25, 0.3) is 22.4 Å². The Kier molecular flexibility index (Phi) is 2.52. The predicted octanol–water partition coefficient (Wildman–Crippen LogP) is 2.90. The Morgan fingerprint density at radius 1 is 1.16 bits per heavy atom. The van der Waals surface area contributed by atoms with E-state index in [2.05, 4.69) is 9.97 Å². The van der Waals surface area contributed by atoms with Gasteiger partial charge in [0, 0.05) is 5.56 Å². The molecule has 0 aliphatic carbocycles. The van der Waals surface area contributed by atoms with E-state index in [9.17, 15) is 4.79 Å². The van der Waals surface area contributed by atoms with Crippen LogP contribution in [-0.2, 0) is 0 Å². The molecule has 0 spiro atoms. The molecule has 19 heavy (non-hydrogen) atoms. The zero-order chi connectivity index (χ0) is 13.4. The minimum absolute atomic E-state index is 0.266. The molecule has 0 atom stereocenters. The average molecular weight is 254 g/mol. The molecular formula is C14H10N2O3. The second-order valence-electron chi connectivity index (χ2n) is 4.21. The summed E-state index contributed by atoms with van der Waals surface area (Å²) in [5.41, 5.74) is 2.81. The lowest BCUT2D eigenvalue weighted by Gasteiger charge is -2.04. The van der Waals surface area contributed by atoms with E-state index in [-0.39, 0.29) is 11.5 Å². The van der Waals surface area contributed by atoms with Gasteiger partial charge in [-0.2, -0.15) is 4.98 Å². The van der Waals surface area contributed by atoms with Crippen molar-refractivity contribution in [3.05, 3.63) is 48.0 Å². The number of aryl methyl sites for hydroxylation is 1. The molecule has 3 aromatic rings. The smallest absolute Gasteiger partial charge is 0.374 e. The highest BCUT2D eigenvalue weighted by Gasteiger charge is 2.15. The Hall–Kier alpha value is -2.69. The number of rotatable bonds is 2.